The van der Waals surface area contributed by atoms with Crippen LogP contribution in [-0.2, 0) is 11.3 Å². The Morgan fingerprint density at radius 1 is 1.26 bits per heavy atom. The van der Waals surface area contributed by atoms with Crippen molar-refractivity contribution >= 4 is 5.78 Å². The molecular weight excluding hydrogens is 238 g/mol. The van der Waals surface area contributed by atoms with E-state index in [1.807, 2.05) is 19.1 Å². The average Bonchev–Trinajstić information content (AvgIpc) is 2.37. The molecule has 3 heteroatoms. The number of Topliss-reactive ketones (excluding diaryl/α,β-unsaturated/α-hetero) is 1. The lowest BCUT2D eigenvalue weighted by Crippen LogP contribution is -2.50. The van der Waals surface area contributed by atoms with Crippen LogP contribution in [0.2, 0.25) is 0 Å². The van der Waals surface area contributed by atoms with E-state index >= 15 is 0 Å². The molecule has 0 saturated carbocycles. The largest absolute Gasteiger partial charge is 0.494 e. The van der Waals surface area contributed by atoms with Crippen molar-refractivity contribution in [3.05, 3.63) is 29.8 Å². The normalized spacial score (nSPS) is 19.4. The van der Waals surface area contributed by atoms with Gasteiger partial charge in [0.2, 0.25) is 0 Å². The maximum absolute atomic E-state index is 11.6. The number of nitrogens with zero attached hydrogens (tertiary/aromatic N) is 1. The van der Waals surface area contributed by atoms with E-state index in [4.69, 9.17) is 4.74 Å². The smallest absolute Gasteiger partial charge is 0.146 e. The number of rotatable bonds is 4. The van der Waals surface area contributed by atoms with E-state index in [9.17, 15) is 4.79 Å². The van der Waals surface area contributed by atoms with Crippen LogP contribution in [0.4, 0.5) is 0 Å². The topological polar surface area (TPSA) is 29.5 Å². The molecule has 0 aliphatic carbocycles. The van der Waals surface area contributed by atoms with Crippen LogP contribution in [0.15, 0.2) is 24.3 Å². The molecule has 1 fully saturated rings. The van der Waals surface area contributed by atoms with Gasteiger partial charge < -0.3 is 4.74 Å². The van der Waals surface area contributed by atoms with Crippen LogP contribution in [0.25, 0.3) is 0 Å². The highest BCUT2D eigenvalue weighted by Gasteiger charge is 2.32. The van der Waals surface area contributed by atoms with E-state index < -0.39 is 0 Å². The number of ether oxygens (including phenoxy) is 1. The molecule has 0 amide bonds. The molecule has 1 aromatic rings. The molecule has 1 aromatic carbocycles. The Labute approximate surface area is 115 Å². The molecule has 2 rings (SSSR count). The van der Waals surface area contributed by atoms with Crippen molar-refractivity contribution in [1.82, 2.24) is 4.90 Å². The fraction of sp³-hybridized carbons (Fsp3) is 0.562. The molecule has 0 spiro atoms. The Balaban J connectivity index is 2.04. The van der Waals surface area contributed by atoms with Crippen LogP contribution in [0.5, 0.6) is 5.75 Å². The zero-order chi connectivity index (χ0) is 13.9. The van der Waals surface area contributed by atoms with E-state index in [-0.39, 0.29) is 5.54 Å². The lowest BCUT2D eigenvalue weighted by molar-refractivity contribution is -0.126. The molecule has 1 heterocycles. The standard InChI is InChI=1S/C16H23NO2/c1-4-19-15-7-5-13(6-8-15)11-17-12-14(18)9-10-16(17,2)3/h5-8H,4,9-12H2,1-3H3. The van der Waals surface area contributed by atoms with Gasteiger partial charge in [-0.1, -0.05) is 12.1 Å². The van der Waals surface area contributed by atoms with Crippen molar-refractivity contribution in [2.24, 2.45) is 0 Å². The molecule has 19 heavy (non-hydrogen) atoms. The zero-order valence-corrected chi connectivity index (χ0v) is 12.1. The Morgan fingerprint density at radius 2 is 1.95 bits per heavy atom. The summed E-state index contributed by atoms with van der Waals surface area (Å²) < 4.78 is 5.44. The maximum atomic E-state index is 11.6. The first-order chi connectivity index (χ1) is 9.01. The minimum atomic E-state index is 0.104. The third kappa shape index (κ3) is 3.57. The molecule has 1 saturated heterocycles. The number of ketones is 1. The summed E-state index contributed by atoms with van der Waals surface area (Å²) in [6.07, 6.45) is 1.66. The molecule has 1 aliphatic heterocycles. The molecule has 0 unspecified atom stereocenters. The number of piperidine rings is 1. The molecule has 0 atom stereocenters. The molecule has 0 radical (unpaired) electrons. The van der Waals surface area contributed by atoms with Crippen molar-refractivity contribution in [1.29, 1.82) is 0 Å². The van der Waals surface area contributed by atoms with E-state index in [2.05, 4.69) is 30.9 Å². The molecule has 1 aliphatic rings. The van der Waals surface area contributed by atoms with Gasteiger partial charge in [-0.15, -0.1) is 0 Å². The Bertz CT molecular complexity index is 437. The van der Waals surface area contributed by atoms with E-state index in [0.717, 1.165) is 18.7 Å². The number of carbonyl (C=O) groups is 1. The number of hydrogen-bond donors (Lipinski definition) is 0. The highest BCUT2D eigenvalue weighted by atomic mass is 16.5. The summed E-state index contributed by atoms with van der Waals surface area (Å²) in [5.74, 6) is 1.26. The van der Waals surface area contributed by atoms with Gasteiger partial charge in [0.15, 0.2) is 0 Å². The van der Waals surface area contributed by atoms with Crippen molar-refractivity contribution < 1.29 is 9.53 Å². The fourth-order valence-corrected chi connectivity index (χ4v) is 2.46. The average molecular weight is 261 g/mol. The monoisotopic (exact) mass is 261 g/mol. The second-order valence-corrected chi connectivity index (χ2v) is 5.78. The van der Waals surface area contributed by atoms with Crippen LogP contribution in [-0.4, -0.2) is 29.4 Å². The first-order valence-corrected chi connectivity index (χ1v) is 7.00. The van der Waals surface area contributed by atoms with Gasteiger partial charge in [0, 0.05) is 18.5 Å². The summed E-state index contributed by atoms with van der Waals surface area (Å²) in [4.78, 5) is 13.9. The summed E-state index contributed by atoms with van der Waals surface area (Å²) >= 11 is 0. The predicted octanol–water partition coefficient (Wildman–Crippen LogP) is 3.03. The minimum absolute atomic E-state index is 0.104. The zero-order valence-electron chi connectivity index (χ0n) is 12.1. The lowest BCUT2D eigenvalue weighted by Gasteiger charge is -2.41. The summed E-state index contributed by atoms with van der Waals surface area (Å²) in [5.41, 5.74) is 1.33. The number of likely N-dealkylation sites (tertiary alicyclic amines) is 1. The van der Waals surface area contributed by atoms with Crippen LogP contribution in [0.1, 0.15) is 39.2 Å². The summed E-state index contributed by atoms with van der Waals surface area (Å²) in [6, 6.07) is 8.16. The van der Waals surface area contributed by atoms with E-state index in [1.54, 1.807) is 0 Å². The summed E-state index contributed by atoms with van der Waals surface area (Å²) in [6.45, 7) is 8.50. The highest BCUT2D eigenvalue weighted by Crippen LogP contribution is 2.27. The van der Waals surface area contributed by atoms with Crippen LogP contribution in [0, 0.1) is 0 Å². The Morgan fingerprint density at radius 3 is 2.58 bits per heavy atom. The van der Waals surface area contributed by atoms with Gasteiger partial charge >= 0.3 is 0 Å². The first kappa shape index (κ1) is 14.1. The SMILES string of the molecule is CCOc1ccc(CN2CC(=O)CCC2(C)C)cc1. The number of carbonyl (C=O) groups excluding carboxylic acids is 1. The predicted molar refractivity (Wildman–Crippen MR) is 76.3 cm³/mol. The maximum Gasteiger partial charge on any atom is 0.146 e. The van der Waals surface area contributed by atoms with Crippen LogP contribution >= 0.6 is 0 Å². The third-order valence-electron chi connectivity index (χ3n) is 3.85. The van der Waals surface area contributed by atoms with Gasteiger partial charge in [-0.3, -0.25) is 9.69 Å². The summed E-state index contributed by atoms with van der Waals surface area (Å²) in [5, 5.41) is 0. The van der Waals surface area contributed by atoms with E-state index in [0.29, 0.717) is 25.4 Å². The third-order valence-corrected chi connectivity index (χ3v) is 3.85. The van der Waals surface area contributed by atoms with E-state index in [1.165, 1.54) is 5.56 Å². The number of benzene rings is 1. The first-order valence-electron chi connectivity index (χ1n) is 7.00. The second-order valence-electron chi connectivity index (χ2n) is 5.78. The van der Waals surface area contributed by atoms with Crippen molar-refractivity contribution in [2.45, 2.75) is 45.7 Å². The van der Waals surface area contributed by atoms with Crippen molar-refractivity contribution in [2.75, 3.05) is 13.2 Å². The molecule has 104 valence electrons. The van der Waals surface area contributed by atoms with Gasteiger partial charge in [0.05, 0.1) is 13.2 Å². The van der Waals surface area contributed by atoms with Gasteiger partial charge in [0.1, 0.15) is 11.5 Å². The minimum Gasteiger partial charge on any atom is -0.494 e. The van der Waals surface area contributed by atoms with Crippen molar-refractivity contribution in [3.8, 4) is 5.75 Å². The fourth-order valence-electron chi connectivity index (χ4n) is 2.46. The molecule has 3 nitrogen and oxygen atoms in total. The molecule has 0 bridgehead atoms. The van der Waals surface area contributed by atoms with Crippen LogP contribution in [0.3, 0.4) is 0 Å². The van der Waals surface area contributed by atoms with Gasteiger partial charge in [0.25, 0.3) is 0 Å². The van der Waals surface area contributed by atoms with Gasteiger partial charge in [-0.05, 0) is 44.9 Å². The molecule has 0 N–H and O–H groups in total. The molecule has 0 aromatic heterocycles. The highest BCUT2D eigenvalue weighted by molar-refractivity contribution is 5.81. The van der Waals surface area contributed by atoms with Crippen molar-refractivity contribution in [3.63, 3.8) is 0 Å². The quantitative estimate of drug-likeness (QED) is 0.834. The van der Waals surface area contributed by atoms with Gasteiger partial charge in [-0.25, -0.2) is 0 Å². The molecular formula is C16H23NO2. The van der Waals surface area contributed by atoms with Gasteiger partial charge in [-0.2, -0.15) is 0 Å². The number of hydrogen-bond acceptors (Lipinski definition) is 3. The van der Waals surface area contributed by atoms with Crippen LogP contribution < -0.4 is 4.74 Å². The second kappa shape index (κ2) is 5.74. The Kier molecular flexibility index (Phi) is 4.25. The summed E-state index contributed by atoms with van der Waals surface area (Å²) in [7, 11) is 0. The Hall–Kier alpha value is -1.35. The lowest BCUT2D eigenvalue weighted by atomic mass is 9.89.